The molecule has 2 amide bonds. The van der Waals surface area contributed by atoms with Crippen LogP contribution in [0.4, 0.5) is 16.2 Å². The normalized spacial score (nSPS) is 11.5. The Kier molecular flexibility index (Phi) is 8.51. The molecule has 0 aliphatic rings. The summed E-state index contributed by atoms with van der Waals surface area (Å²) in [6.07, 6.45) is 0.00350. The van der Waals surface area contributed by atoms with E-state index in [1.54, 1.807) is 58.0 Å². The topological polar surface area (TPSA) is 114 Å². The molecule has 0 aliphatic carbocycles. The van der Waals surface area contributed by atoms with Crippen LogP contribution in [0, 0.1) is 6.92 Å². The van der Waals surface area contributed by atoms with E-state index in [4.69, 9.17) is 16.3 Å². The van der Waals surface area contributed by atoms with Gasteiger partial charge in [0.15, 0.2) is 0 Å². The highest BCUT2D eigenvalue weighted by Crippen LogP contribution is 2.24. The molecule has 0 radical (unpaired) electrons. The van der Waals surface area contributed by atoms with E-state index in [9.17, 15) is 18.0 Å². The van der Waals surface area contributed by atoms with E-state index in [0.29, 0.717) is 28.4 Å². The van der Waals surface area contributed by atoms with Crippen LogP contribution in [-0.4, -0.2) is 32.6 Å². The first-order valence-electron chi connectivity index (χ1n) is 10.0. The van der Waals surface area contributed by atoms with Gasteiger partial charge >= 0.3 is 6.09 Å². The number of hydrogen-bond acceptors (Lipinski definition) is 5. The molecule has 3 N–H and O–H groups in total. The van der Waals surface area contributed by atoms with E-state index in [1.807, 2.05) is 0 Å². The summed E-state index contributed by atoms with van der Waals surface area (Å²) in [4.78, 5) is 23.9. The number of alkyl carbamates (subject to hydrolysis) is 1. The summed E-state index contributed by atoms with van der Waals surface area (Å²) in [7, 11) is -3.89. The number of amides is 2. The smallest absolute Gasteiger partial charge is 0.407 e. The Balaban J connectivity index is 1.95. The van der Waals surface area contributed by atoms with Crippen LogP contribution in [0.15, 0.2) is 47.4 Å². The van der Waals surface area contributed by atoms with Crippen LogP contribution in [0.25, 0.3) is 0 Å². The van der Waals surface area contributed by atoms with Crippen molar-refractivity contribution >= 4 is 45.0 Å². The van der Waals surface area contributed by atoms with Crippen molar-refractivity contribution in [3.63, 3.8) is 0 Å². The molecule has 0 heterocycles. The van der Waals surface area contributed by atoms with Crippen LogP contribution >= 0.6 is 11.6 Å². The van der Waals surface area contributed by atoms with Gasteiger partial charge in [-0.1, -0.05) is 23.7 Å². The van der Waals surface area contributed by atoms with E-state index < -0.39 is 21.7 Å². The molecule has 0 saturated heterocycles. The molecule has 0 fully saturated rings. The average molecular weight is 482 g/mol. The third-order valence-corrected chi connectivity index (χ3v) is 5.85. The molecular formula is C22H28ClN3O5S. The highest BCUT2D eigenvalue weighted by atomic mass is 35.5. The van der Waals surface area contributed by atoms with Crippen molar-refractivity contribution in [1.82, 2.24) is 5.32 Å². The zero-order valence-corrected chi connectivity index (χ0v) is 20.1. The van der Waals surface area contributed by atoms with Crippen molar-refractivity contribution in [1.29, 1.82) is 0 Å². The second-order valence-electron chi connectivity index (χ2n) is 8.18. The molecule has 2 aromatic carbocycles. The van der Waals surface area contributed by atoms with Gasteiger partial charge in [-0.2, -0.15) is 0 Å². The Morgan fingerprint density at radius 1 is 1.06 bits per heavy atom. The third kappa shape index (κ3) is 8.39. The van der Waals surface area contributed by atoms with Gasteiger partial charge in [-0.3, -0.25) is 9.52 Å². The molecule has 0 aliphatic heterocycles. The zero-order valence-electron chi connectivity index (χ0n) is 18.5. The first kappa shape index (κ1) is 25.5. The van der Waals surface area contributed by atoms with E-state index in [0.717, 1.165) is 0 Å². The molecule has 0 saturated carbocycles. The van der Waals surface area contributed by atoms with E-state index in [1.165, 1.54) is 12.1 Å². The zero-order chi connectivity index (χ0) is 23.9. The van der Waals surface area contributed by atoms with Crippen LogP contribution in [0.2, 0.25) is 5.02 Å². The maximum absolute atomic E-state index is 12.8. The minimum absolute atomic E-state index is 0.0434. The number of halogens is 1. The molecule has 0 unspecified atom stereocenters. The van der Waals surface area contributed by atoms with Crippen molar-refractivity contribution in [3.8, 4) is 0 Å². The number of anilines is 2. The Bertz CT molecular complexity index is 1080. The molecule has 2 aromatic rings. The maximum atomic E-state index is 12.8. The number of hydrogen-bond donors (Lipinski definition) is 3. The third-order valence-electron chi connectivity index (χ3n) is 4.09. The van der Waals surface area contributed by atoms with Gasteiger partial charge in [0.25, 0.3) is 10.0 Å². The maximum Gasteiger partial charge on any atom is 0.407 e. The molecule has 10 heteroatoms. The van der Waals surface area contributed by atoms with Crippen LogP contribution in [0.5, 0.6) is 0 Å². The minimum atomic E-state index is -3.89. The van der Waals surface area contributed by atoms with Crippen molar-refractivity contribution in [2.75, 3.05) is 16.6 Å². The Morgan fingerprint density at radius 3 is 2.44 bits per heavy atom. The highest BCUT2D eigenvalue weighted by Gasteiger charge is 2.19. The summed E-state index contributed by atoms with van der Waals surface area (Å²) in [5.74, 6) is -0.300. The van der Waals surface area contributed by atoms with Gasteiger partial charge < -0.3 is 15.4 Å². The highest BCUT2D eigenvalue weighted by molar-refractivity contribution is 7.92. The van der Waals surface area contributed by atoms with Gasteiger partial charge in [-0.25, -0.2) is 13.2 Å². The Morgan fingerprint density at radius 2 is 1.78 bits per heavy atom. The lowest BCUT2D eigenvalue weighted by Crippen LogP contribution is -2.33. The summed E-state index contributed by atoms with van der Waals surface area (Å²) in [5, 5.41) is 5.68. The number of ether oxygens (including phenoxy) is 1. The SMILES string of the molecule is Cc1ccc(NC(=O)CCCNC(=O)OC(C)(C)C)cc1S(=O)(=O)Nc1cccc(Cl)c1. The molecule has 2 rings (SSSR count). The summed E-state index contributed by atoms with van der Waals surface area (Å²) in [6.45, 7) is 7.24. The predicted octanol–water partition coefficient (Wildman–Crippen LogP) is 4.69. The number of carbonyl (C=O) groups excluding carboxylic acids is 2. The molecule has 0 aromatic heterocycles. The van der Waals surface area contributed by atoms with Crippen LogP contribution in [-0.2, 0) is 19.6 Å². The van der Waals surface area contributed by atoms with Crippen LogP contribution in [0.1, 0.15) is 39.2 Å². The van der Waals surface area contributed by atoms with Crippen molar-refractivity contribution < 1.29 is 22.7 Å². The molecular weight excluding hydrogens is 454 g/mol. The largest absolute Gasteiger partial charge is 0.444 e. The number of benzene rings is 2. The van der Waals surface area contributed by atoms with Crippen molar-refractivity contribution in [2.24, 2.45) is 0 Å². The summed E-state index contributed by atoms with van der Waals surface area (Å²) >= 11 is 5.92. The van der Waals surface area contributed by atoms with E-state index >= 15 is 0 Å². The molecule has 174 valence electrons. The average Bonchev–Trinajstić information content (AvgIpc) is 2.65. The number of aryl methyl sites for hydroxylation is 1. The first-order chi connectivity index (χ1) is 14.9. The van der Waals surface area contributed by atoms with Crippen molar-refractivity contribution in [3.05, 3.63) is 53.1 Å². The lowest BCUT2D eigenvalue weighted by atomic mass is 10.2. The van der Waals surface area contributed by atoms with Gasteiger partial charge in [0.1, 0.15) is 5.60 Å². The lowest BCUT2D eigenvalue weighted by molar-refractivity contribution is -0.116. The number of sulfonamides is 1. The summed E-state index contributed by atoms with van der Waals surface area (Å²) in [5.41, 5.74) is 0.627. The molecule has 32 heavy (non-hydrogen) atoms. The van der Waals surface area contributed by atoms with Gasteiger partial charge in [0.05, 0.1) is 10.6 Å². The van der Waals surface area contributed by atoms with Crippen LogP contribution in [0.3, 0.4) is 0 Å². The summed E-state index contributed by atoms with van der Waals surface area (Å²) < 4.78 is 33.3. The Hall–Kier alpha value is -2.78. The molecule has 8 nitrogen and oxygen atoms in total. The quantitative estimate of drug-likeness (QED) is 0.473. The number of rotatable bonds is 8. The van der Waals surface area contributed by atoms with Gasteiger partial charge in [-0.05, 0) is 70.0 Å². The monoisotopic (exact) mass is 481 g/mol. The summed E-state index contributed by atoms with van der Waals surface area (Å²) in [6, 6.07) is 11.0. The molecule has 0 bridgehead atoms. The second kappa shape index (κ2) is 10.7. The van der Waals surface area contributed by atoms with E-state index in [2.05, 4.69) is 15.4 Å². The minimum Gasteiger partial charge on any atom is -0.444 e. The Labute approximate surface area is 193 Å². The first-order valence-corrected chi connectivity index (χ1v) is 11.9. The fourth-order valence-corrected chi connectivity index (χ4v) is 4.22. The predicted molar refractivity (Wildman–Crippen MR) is 126 cm³/mol. The fraction of sp³-hybridized carbons (Fsp3) is 0.364. The fourth-order valence-electron chi connectivity index (χ4n) is 2.71. The molecule has 0 atom stereocenters. The number of carbonyl (C=O) groups is 2. The molecule has 0 spiro atoms. The van der Waals surface area contributed by atoms with Crippen molar-refractivity contribution in [2.45, 2.75) is 51.0 Å². The standard InChI is InChI=1S/C22H28ClN3O5S/c1-15-10-11-17(25-20(27)9-6-12-24-21(28)31-22(2,3)4)14-19(15)32(29,30)26-18-8-5-7-16(23)13-18/h5,7-8,10-11,13-14,26H,6,9,12H2,1-4H3,(H,24,28)(H,25,27). The second-order valence-corrected chi connectivity index (χ2v) is 10.3. The van der Waals surface area contributed by atoms with Gasteiger partial charge in [-0.15, -0.1) is 0 Å². The van der Waals surface area contributed by atoms with Crippen LogP contribution < -0.4 is 15.4 Å². The number of nitrogens with one attached hydrogen (secondary N) is 3. The lowest BCUT2D eigenvalue weighted by Gasteiger charge is -2.19. The van der Waals surface area contributed by atoms with E-state index in [-0.39, 0.29) is 23.8 Å². The van der Waals surface area contributed by atoms with Gasteiger partial charge in [0.2, 0.25) is 5.91 Å². The van der Waals surface area contributed by atoms with Gasteiger partial charge in [0, 0.05) is 23.7 Å².